The van der Waals surface area contributed by atoms with Gasteiger partial charge in [-0.25, -0.2) is 4.68 Å². The summed E-state index contributed by atoms with van der Waals surface area (Å²) in [5.74, 6) is 0.932. The normalized spacial score (nSPS) is 10.9. The minimum atomic E-state index is -0.260. The molecule has 0 unspecified atom stereocenters. The molecule has 2 aromatic heterocycles. The molecule has 2 aromatic rings. The first-order valence-electron chi connectivity index (χ1n) is 5.61. The maximum Gasteiger partial charge on any atom is 0.240 e. The van der Waals surface area contributed by atoms with Gasteiger partial charge in [0.2, 0.25) is 5.91 Å². The first kappa shape index (κ1) is 12.7. The minimum absolute atomic E-state index is 0.0840. The number of hydrogen-bond donors (Lipinski definition) is 1. The average Bonchev–Trinajstić information content (AvgIpc) is 2.96. The van der Waals surface area contributed by atoms with Crippen LogP contribution in [0.5, 0.6) is 0 Å². The van der Waals surface area contributed by atoms with Crippen molar-refractivity contribution in [2.75, 3.05) is 11.2 Å². The van der Waals surface area contributed by atoms with Crippen molar-refractivity contribution >= 4 is 23.3 Å². The van der Waals surface area contributed by atoms with Crippen LogP contribution in [-0.4, -0.2) is 21.6 Å². The Hall–Kier alpha value is -1.75. The molecule has 0 fully saturated rings. The fraction of sp³-hybridized carbons (Fsp3) is 0.333. The van der Waals surface area contributed by atoms with E-state index in [0.717, 1.165) is 0 Å². The molecule has 96 valence electrons. The molecule has 1 N–H and O–H groups in total. The summed E-state index contributed by atoms with van der Waals surface area (Å²) in [6, 6.07) is 5.50. The van der Waals surface area contributed by atoms with Gasteiger partial charge in [-0.2, -0.15) is 5.10 Å². The molecule has 2 rings (SSSR count). The highest BCUT2D eigenvalue weighted by Gasteiger charge is 2.14. The molecule has 0 aromatic carbocycles. The largest absolute Gasteiger partial charge is 0.463 e. The van der Waals surface area contributed by atoms with E-state index in [1.165, 1.54) is 0 Å². The number of furan rings is 1. The number of anilines is 1. The van der Waals surface area contributed by atoms with Crippen LogP contribution in [0, 0.1) is 0 Å². The second-order valence-corrected chi connectivity index (χ2v) is 4.38. The van der Waals surface area contributed by atoms with E-state index in [9.17, 15) is 4.79 Å². The van der Waals surface area contributed by atoms with Crippen molar-refractivity contribution in [3.8, 4) is 11.5 Å². The molecule has 6 heteroatoms. The van der Waals surface area contributed by atoms with Gasteiger partial charge in [0.05, 0.1) is 6.26 Å². The Morgan fingerprint density at radius 1 is 1.61 bits per heavy atom. The Kier molecular flexibility index (Phi) is 3.72. The quantitative estimate of drug-likeness (QED) is 0.867. The van der Waals surface area contributed by atoms with E-state index in [4.69, 9.17) is 16.0 Å². The third-order valence-corrected chi connectivity index (χ3v) is 2.63. The van der Waals surface area contributed by atoms with Crippen LogP contribution in [0.3, 0.4) is 0 Å². The van der Waals surface area contributed by atoms with E-state index in [0.29, 0.717) is 17.3 Å². The van der Waals surface area contributed by atoms with Crippen LogP contribution in [0.25, 0.3) is 11.5 Å². The number of hydrogen-bond acceptors (Lipinski definition) is 3. The van der Waals surface area contributed by atoms with E-state index in [-0.39, 0.29) is 17.8 Å². The number of amides is 1. The molecule has 0 spiro atoms. The fourth-order valence-electron chi connectivity index (χ4n) is 1.60. The van der Waals surface area contributed by atoms with Crippen LogP contribution in [-0.2, 0) is 4.79 Å². The summed E-state index contributed by atoms with van der Waals surface area (Å²) < 4.78 is 7.01. The van der Waals surface area contributed by atoms with E-state index < -0.39 is 0 Å². The number of nitrogens with one attached hydrogen (secondary N) is 1. The maximum atomic E-state index is 11.3. The van der Waals surface area contributed by atoms with Gasteiger partial charge >= 0.3 is 0 Å². The summed E-state index contributed by atoms with van der Waals surface area (Å²) >= 11 is 5.48. The van der Waals surface area contributed by atoms with Gasteiger partial charge in [-0.05, 0) is 26.0 Å². The zero-order valence-electron chi connectivity index (χ0n) is 10.2. The Morgan fingerprint density at radius 3 is 2.94 bits per heavy atom. The molecule has 0 aliphatic heterocycles. The van der Waals surface area contributed by atoms with Gasteiger partial charge in [0.1, 0.15) is 17.4 Å². The second-order valence-electron chi connectivity index (χ2n) is 4.11. The first-order chi connectivity index (χ1) is 8.61. The van der Waals surface area contributed by atoms with Crippen LogP contribution in [0.2, 0.25) is 0 Å². The molecular formula is C12H14ClN3O2. The lowest BCUT2D eigenvalue weighted by Crippen LogP contribution is -2.17. The van der Waals surface area contributed by atoms with Gasteiger partial charge in [-0.1, -0.05) is 0 Å². The van der Waals surface area contributed by atoms with Crippen LogP contribution in [0.1, 0.15) is 19.9 Å². The van der Waals surface area contributed by atoms with Crippen LogP contribution < -0.4 is 5.32 Å². The van der Waals surface area contributed by atoms with Gasteiger partial charge < -0.3 is 9.73 Å². The number of carbonyl (C=O) groups excluding carboxylic acids is 1. The molecule has 0 atom stereocenters. The zero-order valence-corrected chi connectivity index (χ0v) is 10.9. The van der Waals surface area contributed by atoms with Gasteiger partial charge in [0.25, 0.3) is 0 Å². The van der Waals surface area contributed by atoms with E-state index in [1.54, 1.807) is 23.1 Å². The minimum Gasteiger partial charge on any atom is -0.463 e. The molecule has 0 aliphatic carbocycles. The molecule has 5 nitrogen and oxygen atoms in total. The Balaban J connectivity index is 2.35. The number of alkyl halides is 1. The predicted octanol–water partition coefficient (Wildman–Crippen LogP) is 2.90. The zero-order chi connectivity index (χ0) is 13.1. The summed E-state index contributed by atoms with van der Waals surface area (Å²) in [4.78, 5) is 11.3. The fourth-order valence-corrected chi connectivity index (χ4v) is 1.67. The third kappa shape index (κ3) is 2.56. The van der Waals surface area contributed by atoms with Gasteiger partial charge in [-0.15, -0.1) is 11.6 Å². The molecule has 18 heavy (non-hydrogen) atoms. The third-order valence-electron chi connectivity index (χ3n) is 2.39. The summed E-state index contributed by atoms with van der Waals surface area (Å²) in [5, 5.41) is 7.12. The molecule has 1 amide bonds. The van der Waals surface area contributed by atoms with E-state index in [2.05, 4.69) is 10.4 Å². The van der Waals surface area contributed by atoms with Crippen molar-refractivity contribution in [2.24, 2.45) is 0 Å². The van der Waals surface area contributed by atoms with Crippen molar-refractivity contribution in [1.29, 1.82) is 0 Å². The van der Waals surface area contributed by atoms with Crippen LogP contribution in [0.4, 0.5) is 5.82 Å². The number of carbonyl (C=O) groups is 1. The molecule has 0 saturated heterocycles. The van der Waals surface area contributed by atoms with Gasteiger partial charge in [0, 0.05) is 12.1 Å². The molecule has 0 aliphatic rings. The highest BCUT2D eigenvalue weighted by atomic mass is 35.5. The topological polar surface area (TPSA) is 60.1 Å². The molecule has 0 bridgehead atoms. The van der Waals surface area contributed by atoms with Crippen molar-refractivity contribution < 1.29 is 9.21 Å². The average molecular weight is 268 g/mol. The monoisotopic (exact) mass is 267 g/mol. The number of halogens is 1. The van der Waals surface area contributed by atoms with E-state index >= 15 is 0 Å². The first-order valence-corrected chi connectivity index (χ1v) is 6.14. The molecule has 0 saturated carbocycles. The highest BCUT2D eigenvalue weighted by molar-refractivity contribution is 6.29. The highest BCUT2D eigenvalue weighted by Crippen LogP contribution is 2.24. The molecule has 2 heterocycles. The molecular weight excluding hydrogens is 254 g/mol. The Labute approximate surface area is 110 Å². The number of nitrogens with zero attached hydrogens (tertiary/aromatic N) is 2. The standard InChI is InChI=1S/C12H14ClN3O2/c1-8(2)16-11(14-12(17)7-13)6-9(15-16)10-4-3-5-18-10/h3-6,8H,7H2,1-2H3,(H,14,17). The Bertz CT molecular complexity index is 532. The van der Waals surface area contributed by atoms with Gasteiger partial charge in [0.15, 0.2) is 5.76 Å². The lowest BCUT2D eigenvalue weighted by Gasteiger charge is -2.10. The predicted molar refractivity (Wildman–Crippen MR) is 69.7 cm³/mol. The maximum absolute atomic E-state index is 11.3. The van der Waals surface area contributed by atoms with Gasteiger partial charge in [-0.3, -0.25) is 4.79 Å². The SMILES string of the molecule is CC(C)n1nc(-c2ccco2)cc1NC(=O)CCl. The summed E-state index contributed by atoms with van der Waals surface area (Å²) in [6.07, 6.45) is 1.58. The van der Waals surface area contributed by atoms with Crippen molar-refractivity contribution in [1.82, 2.24) is 9.78 Å². The lowest BCUT2D eigenvalue weighted by atomic mass is 10.3. The smallest absolute Gasteiger partial charge is 0.240 e. The summed E-state index contributed by atoms with van der Waals surface area (Å²) in [7, 11) is 0. The van der Waals surface area contributed by atoms with Crippen molar-refractivity contribution in [2.45, 2.75) is 19.9 Å². The van der Waals surface area contributed by atoms with Crippen molar-refractivity contribution in [3.63, 3.8) is 0 Å². The van der Waals surface area contributed by atoms with Crippen LogP contribution >= 0.6 is 11.6 Å². The van der Waals surface area contributed by atoms with Crippen LogP contribution in [0.15, 0.2) is 28.9 Å². The summed E-state index contributed by atoms with van der Waals surface area (Å²) in [5.41, 5.74) is 0.679. The summed E-state index contributed by atoms with van der Waals surface area (Å²) in [6.45, 7) is 3.96. The van der Waals surface area contributed by atoms with E-state index in [1.807, 2.05) is 19.9 Å². The second kappa shape index (κ2) is 5.27. The Morgan fingerprint density at radius 2 is 2.39 bits per heavy atom. The van der Waals surface area contributed by atoms with Crippen molar-refractivity contribution in [3.05, 3.63) is 24.5 Å². The number of rotatable bonds is 4. The lowest BCUT2D eigenvalue weighted by molar-refractivity contribution is -0.114. The number of aromatic nitrogens is 2. The molecule has 0 radical (unpaired) electrons.